The summed E-state index contributed by atoms with van der Waals surface area (Å²) in [6.45, 7) is 0.658. The summed E-state index contributed by atoms with van der Waals surface area (Å²) in [5, 5.41) is 0.714. The van der Waals surface area contributed by atoms with Crippen molar-refractivity contribution in [1.29, 1.82) is 0 Å². The fourth-order valence-corrected chi connectivity index (χ4v) is 3.85. The van der Waals surface area contributed by atoms with Gasteiger partial charge >= 0.3 is 11.1 Å². The second kappa shape index (κ2) is 7.01. The van der Waals surface area contributed by atoms with Gasteiger partial charge in [0.2, 0.25) is 0 Å². The van der Waals surface area contributed by atoms with Gasteiger partial charge in [0, 0.05) is 17.6 Å². The van der Waals surface area contributed by atoms with Gasteiger partial charge in [-0.15, -0.1) is 0 Å². The van der Waals surface area contributed by atoms with Crippen LogP contribution in [0, 0.1) is 5.92 Å². The van der Waals surface area contributed by atoms with E-state index in [1.54, 1.807) is 10.8 Å². The standard InChI is InChI=1S/C17H20N2O2S/c20-16-17(21)19(11-13-7-3-1-4-8-13)12-15(18-16)22-14-9-5-2-6-10-14/h2,5-6,9-10,12-13H,1,3-4,7-8,11H2,(H,18,20). The number of nitrogens with zero attached hydrogens (tertiary/aromatic N) is 1. The zero-order chi connectivity index (χ0) is 15.4. The Morgan fingerprint density at radius 2 is 1.82 bits per heavy atom. The Kier molecular flexibility index (Phi) is 4.83. The Morgan fingerprint density at radius 3 is 2.55 bits per heavy atom. The summed E-state index contributed by atoms with van der Waals surface area (Å²) >= 11 is 1.47. The molecule has 1 N–H and O–H groups in total. The SMILES string of the molecule is O=c1[nH]c(Sc2ccccc2)cn(CC2CCCCC2)c1=O. The average Bonchev–Trinajstić information content (AvgIpc) is 2.54. The summed E-state index contributed by atoms with van der Waals surface area (Å²) in [5.41, 5.74) is -0.972. The highest BCUT2D eigenvalue weighted by Gasteiger charge is 2.15. The van der Waals surface area contributed by atoms with Crippen molar-refractivity contribution in [2.75, 3.05) is 0 Å². The van der Waals surface area contributed by atoms with E-state index in [1.165, 1.54) is 31.0 Å². The number of aromatic nitrogens is 2. The van der Waals surface area contributed by atoms with Crippen molar-refractivity contribution in [3.63, 3.8) is 0 Å². The van der Waals surface area contributed by atoms with Gasteiger partial charge in [-0.2, -0.15) is 0 Å². The number of hydrogen-bond acceptors (Lipinski definition) is 3. The van der Waals surface area contributed by atoms with E-state index in [9.17, 15) is 9.59 Å². The highest BCUT2D eigenvalue weighted by atomic mass is 32.2. The van der Waals surface area contributed by atoms with Gasteiger partial charge in [0.1, 0.15) is 0 Å². The van der Waals surface area contributed by atoms with Gasteiger partial charge in [0.25, 0.3) is 0 Å². The van der Waals surface area contributed by atoms with Crippen molar-refractivity contribution in [3.8, 4) is 0 Å². The quantitative estimate of drug-likeness (QED) is 0.881. The zero-order valence-corrected chi connectivity index (χ0v) is 13.3. The predicted molar refractivity (Wildman–Crippen MR) is 88.5 cm³/mol. The Balaban J connectivity index is 1.83. The van der Waals surface area contributed by atoms with Crippen LogP contribution in [0.25, 0.3) is 0 Å². The molecule has 0 unspecified atom stereocenters. The number of hydrogen-bond donors (Lipinski definition) is 1. The van der Waals surface area contributed by atoms with E-state index in [0.717, 1.165) is 17.7 Å². The summed E-state index contributed by atoms with van der Waals surface area (Å²) in [6.07, 6.45) is 7.84. The van der Waals surface area contributed by atoms with Gasteiger partial charge in [0.05, 0.1) is 5.03 Å². The molecular weight excluding hydrogens is 296 g/mol. The molecule has 3 rings (SSSR count). The first-order valence-corrected chi connectivity index (χ1v) is 8.61. The van der Waals surface area contributed by atoms with Gasteiger partial charge in [0.15, 0.2) is 0 Å². The van der Waals surface area contributed by atoms with E-state index in [0.29, 0.717) is 17.5 Å². The van der Waals surface area contributed by atoms with Crippen molar-refractivity contribution in [3.05, 3.63) is 57.2 Å². The van der Waals surface area contributed by atoms with Crippen molar-refractivity contribution in [1.82, 2.24) is 9.55 Å². The molecule has 5 heteroatoms. The van der Waals surface area contributed by atoms with Gasteiger partial charge in [-0.05, 0) is 30.9 Å². The van der Waals surface area contributed by atoms with E-state index >= 15 is 0 Å². The second-order valence-electron chi connectivity index (χ2n) is 5.82. The third-order valence-corrected chi connectivity index (χ3v) is 5.05. The first-order chi connectivity index (χ1) is 10.7. The lowest BCUT2D eigenvalue weighted by atomic mass is 9.89. The molecule has 0 aliphatic heterocycles. The van der Waals surface area contributed by atoms with Crippen molar-refractivity contribution < 1.29 is 0 Å². The maximum absolute atomic E-state index is 12.1. The number of aromatic amines is 1. The van der Waals surface area contributed by atoms with Gasteiger partial charge in [-0.25, -0.2) is 0 Å². The summed E-state index contributed by atoms with van der Waals surface area (Å²) in [7, 11) is 0. The minimum atomic E-state index is -0.531. The molecule has 0 saturated heterocycles. The molecule has 0 atom stereocenters. The van der Waals surface area contributed by atoms with Crippen LogP contribution in [0.2, 0.25) is 0 Å². The maximum atomic E-state index is 12.1. The lowest BCUT2D eigenvalue weighted by molar-refractivity contribution is 0.314. The maximum Gasteiger partial charge on any atom is 0.316 e. The molecule has 0 spiro atoms. The van der Waals surface area contributed by atoms with Crippen LogP contribution in [0.5, 0.6) is 0 Å². The summed E-state index contributed by atoms with van der Waals surface area (Å²) in [6, 6.07) is 9.84. The molecule has 4 nitrogen and oxygen atoms in total. The molecule has 0 radical (unpaired) electrons. The normalized spacial score (nSPS) is 15.8. The van der Waals surface area contributed by atoms with Gasteiger partial charge in [-0.1, -0.05) is 49.2 Å². The molecule has 1 aromatic heterocycles. The van der Waals surface area contributed by atoms with Crippen molar-refractivity contribution in [2.24, 2.45) is 5.92 Å². The first-order valence-electron chi connectivity index (χ1n) is 7.79. The topological polar surface area (TPSA) is 54.9 Å². The third-order valence-electron chi connectivity index (χ3n) is 4.12. The highest BCUT2D eigenvalue weighted by molar-refractivity contribution is 7.99. The lowest BCUT2D eigenvalue weighted by Gasteiger charge is -2.22. The summed E-state index contributed by atoms with van der Waals surface area (Å²) < 4.78 is 1.60. The Hall–Kier alpha value is -1.75. The Morgan fingerprint density at radius 1 is 1.09 bits per heavy atom. The van der Waals surface area contributed by atoms with Crippen LogP contribution in [-0.4, -0.2) is 9.55 Å². The van der Waals surface area contributed by atoms with E-state index in [-0.39, 0.29) is 0 Å². The fourth-order valence-electron chi connectivity index (χ4n) is 2.98. The minimum absolute atomic E-state index is 0.442. The monoisotopic (exact) mass is 316 g/mol. The molecule has 1 aliphatic rings. The van der Waals surface area contributed by atoms with Crippen LogP contribution in [0.1, 0.15) is 32.1 Å². The van der Waals surface area contributed by atoms with Crippen molar-refractivity contribution in [2.45, 2.75) is 48.6 Å². The van der Waals surface area contributed by atoms with Crippen LogP contribution < -0.4 is 11.1 Å². The van der Waals surface area contributed by atoms with Crippen LogP contribution in [0.4, 0.5) is 0 Å². The number of nitrogens with one attached hydrogen (secondary N) is 1. The number of rotatable bonds is 4. The number of H-pyrrole nitrogens is 1. The first kappa shape index (κ1) is 15.2. The molecule has 22 heavy (non-hydrogen) atoms. The molecule has 1 fully saturated rings. The highest BCUT2D eigenvalue weighted by Crippen LogP contribution is 2.26. The largest absolute Gasteiger partial charge is 0.316 e. The molecular formula is C17H20N2O2S. The van der Waals surface area contributed by atoms with E-state index in [1.807, 2.05) is 30.3 Å². The lowest BCUT2D eigenvalue weighted by Crippen LogP contribution is -2.37. The molecule has 1 saturated carbocycles. The van der Waals surface area contributed by atoms with Crippen molar-refractivity contribution >= 4 is 11.8 Å². The zero-order valence-electron chi connectivity index (χ0n) is 12.5. The second-order valence-corrected chi connectivity index (χ2v) is 6.94. The molecule has 1 aliphatic carbocycles. The smallest absolute Gasteiger partial charge is 0.311 e. The van der Waals surface area contributed by atoms with Gasteiger partial charge in [-0.3, -0.25) is 9.59 Å². The van der Waals surface area contributed by atoms with Crippen LogP contribution in [0.15, 0.2) is 56.0 Å². The van der Waals surface area contributed by atoms with E-state index in [4.69, 9.17) is 0 Å². The fraction of sp³-hybridized carbons (Fsp3) is 0.412. The molecule has 1 aromatic carbocycles. The Bertz CT molecular complexity index is 730. The molecule has 2 aromatic rings. The number of benzene rings is 1. The van der Waals surface area contributed by atoms with Crippen LogP contribution in [0.3, 0.4) is 0 Å². The summed E-state index contributed by atoms with van der Waals surface area (Å²) in [4.78, 5) is 27.7. The minimum Gasteiger partial charge on any atom is -0.311 e. The van der Waals surface area contributed by atoms with Crippen LogP contribution >= 0.6 is 11.8 Å². The predicted octanol–water partition coefficient (Wildman–Crippen LogP) is 3.27. The van der Waals surface area contributed by atoms with Crippen LogP contribution in [-0.2, 0) is 6.54 Å². The van der Waals surface area contributed by atoms with E-state index < -0.39 is 11.1 Å². The molecule has 0 bridgehead atoms. The molecule has 1 heterocycles. The van der Waals surface area contributed by atoms with Gasteiger partial charge < -0.3 is 9.55 Å². The summed E-state index contributed by atoms with van der Waals surface area (Å²) in [5.74, 6) is 0.517. The third kappa shape index (κ3) is 3.71. The Labute approximate surface area is 133 Å². The van der Waals surface area contributed by atoms with E-state index in [2.05, 4.69) is 4.98 Å². The molecule has 0 amide bonds. The molecule has 116 valence electrons. The average molecular weight is 316 g/mol.